The minimum absolute atomic E-state index is 0.190. The average Bonchev–Trinajstić information content (AvgIpc) is 2.63. The first-order chi connectivity index (χ1) is 12.6. The highest BCUT2D eigenvalue weighted by Crippen LogP contribution is 2.33. The van der Waals surface area contributed by atoms with E-state index in [-0.39, 0.29) is 17.6 Å². The molecule has 0 heterocycles. The molecule has 3 N–H and O–H groups in total. The Bertz CT molecular complexity index is 714. The van der Waals surface area contributed by atoms with Gasteiger partial charge >= 0.3 is 0 Å². The minimum Gasteiger partial charge on any atom is -0.508 e. The smallest absolute Gasteiger partial charge is 0.125 e. The predicted octanol–water partition coefficient (Wildman–Crippen LogP) is 2.77. The van der Waals surface area contributed by atoms with E-state index < -0.39 is 6.10 Å². The SMILES string of the molecule is Oc1ccc(Cc2ccc(OC3CCCC(CC[SiH3])C3O)cc2O)cc1. The molecule has 2 aromatic carbocycles. The maximum absolute atomic E-state index is 10.6. The van der Waals surface area contributed by atoms with Crippen molar-refractivity contribution in [1.82, 2.24) is 0 Å². The fourth-order valence-corrected chi connectivity index (χ4v) is 4.56. The molecule has 3 rings (SSSR count). The first kappa shape index (κ1) is 18.8. The van der Waals surface area contributed by atoms with E-state index in [1.807, 2.05) is 24.3 Å². The minimum atomic E-state index is -0.420. The highest BCUT2D eigenvalue weighted by molar-refractivity contribution is 6.08. The van der Waals surface area contributed by atoms with Crippen LogP contribution < -0.4 is 4.74 Å². The van der Waals surface area contributed by atoms with Crippen molar-refractivity contribution in [3.8, 4) is 17.2 Å². The van der Waals surface area contributed by atoms with Crippen molar-refractivity contribution in [3.63, 3.8) is 0 Å². The molecule has 140 valence electrons. The number of rotatable bonds is 6. The van der Waals surface area contributed by atoms with Crippen LogP contribution in [0, 0.1) is 5.92 Å². The van der Waals surface area contributed by atoms with Gasteiger partial charge in [0, 0.05) is 22.7 Å². The van der Waals surface area contributed by atoms with E-state index >= 15 is 0 Å². The van der Waals surface area contributed by atoms with Gasteiger partial charge in [0.25, 0.3) is 0 Å². The van der Waals surface area contributed by atoms with E-state index in [0.717, 1.165) is 36.8 Å². The summed E-state index contributed by atoms with van der Waals surface area (Å²) in [7, 11) is 1.17. The molecule has 4 nitrogen and oxygen atoms in total. The summed E-state index contributed by atoms with van der Waals surface area (Å²) in [5, 5.41) is 30.3. The second-order valence-corrected chi connectivity index (χ2v) is 8.26. The number of aromatic hydroxyl groups is 2. The van der Waals surface area contributed by atoms with Crippen LogP contribution in [0.25, 0.3) is 0 Å². The van der Waals surface area contributed by atoms with Crippen LogP contribution in [0.2, 0.25) is 6.04 Å². The third-order valence-electron chi connectivity index (χ3n) is 5.26. The molecular weight excluding hydrogens is 344 g/mol. The number of hydrogen-bond acceptors (Lipinski definition) is 4. The van der Waals surface area contributed by atoms with Gasteiger partial charge < -0.3 is 20.1 Å². The van der Waals surface area contributed by atoms with Gasteiger partial charge in [-0.1, -0.05) is 30.7 Å². The van der Waals surface area contributed by atoms with Crippen molar-refractivity contribution in [2.45, 2.75) is 50.4 Å². The second kappa shape index (κ2) is 8.60. The topological polar surface area (TPSA) is 69.9 Å². The lowest BCUT2D eigenvalue weighted by Crippen LogP contribution is -2.41. The molecule has 5 heteroatoms. The van der Waals surface area contributed by atoms with Crippen LogP contribution in [0.4, 0.5) is 0 Å². The zero-order valence-electron chi connectivity index (χ0n) is 15.3. The van der Waals surface area contributed by atoms with Gasteiger partial charge in [-0.05, 0) is 54.5 Å². The molecule has 1 aliphatic rings. The lowest BCUT2D eigenvalue weighted by molar-refractivity contribution is -0.0321. The average molecular weight is 373 g/mol. The van der Waals surface area contributed by atoms with Crippen LogP contribution in [0.5, 0.6) is 17.2 Å². The largest absolute Gasteiger partial charge is 0.508 e. The maximum atomic E-state index is 10.6. The molecule has 1 saturated carbocycles. The van der Waals surface area contributed by atoms with Gasteiger partial charge in [-0.15, -0.1) is 0 Å². The third kappa shape index (κ3) is 4.59. The number of benzene rings is 2. The Hall–Kier alpha value is -1.98. The van der Waals surface area contributed by atoms with Crippen molar-refractivity contribution in [3.05, 3.63) is 53.6 Å². The van der Waals surface area contributed by atoms with Gasteiger partial charge in [0.05, 0.1) is 6.10 Å². The van der Waals surface area contributed by atoms with Gasteiger partial charge in [-0.25, -0.2) is 0 Å². The number of ether oxygens (including phenoxy) is 1. The molecule has 3 unspecified atom stereocenters. The summed E-state index contributed by atoms with van der Waals surface area (Å²) in [5.74, 6) is 1.37. The highest BCUT2D eigenvalue weighted by atomic mass is 28.1. The Labute approximate surface area is 157 Å². The first-order valence-electron chi connectivity index (χ1n) is 9.51. The third-order valence-corrected chi connectivity index (χ3v) is 5.84. The van der Waals surface area contributed by atoms with Gasteiger partial charge in [0.1, 0.15) is 23.4 Å². The second-order valence-electron chi connectivity index (χ2n) is 7.26. The number of hydrogen-bond donors (Lipinski definition) is 3. The van der Waals surface area contributed by atoms with Crippen LogP contribution in [-0.4, -0.2) is 37.8 Å². The maximum Gasteiger partial charge on any atom is 0.125 e. The predicted molar refractivity (Wildman–Crippen MR) is 106 cm³/mol. The highest BCUT2D eigenvalue weighted by Gasteiger charge is 2.32. The van der Waals surface area contributed by atoms with E-state index in [4.69, 9.17) is 4.74 Å². The van der Waals surface area contributed by atoms with Gasteiger partial charge in [0.2, 0.25) is 0 Å². The summed E-state index contributed by atoms with van der Waals surface area (Å²) in [6, 6.07) is 13.5. The lowest BCUT2D eigenvalue weighted by Gasteiger charge is -2.35. The molecule has 1 fully saturated rings. The first-order valence-corrected chi connectivity index (χ1v) is 10.9. The standard InChI is InChI=1S/C21H28O4Si/c22-17-7-4-14(5-8-17)12-16-6-9-18(13-19(16)23)25-20-3-1-2-15(10-11-26)21(20)24/h4-9,13,15,20-24H,1-3,10-12H2,26H3. The van der Waals surface area contributed by atoms with Crippen LogP contribution in [-0.2, 0) is 6.42 Å². The summed E-state index contributed by atoms with van der Waals surface area (Å²) in [6.07, 6.45) is 4.08. The molecule has 0 saturated heterocycles. The Balaban J connectivity index is 1.66. The molecule has 1 aliphatic carbocycles. The van der Waals surface area contributed by atoms with Gasteiger partial charge in [-0.2, -0.15) is 0 Å². The number of phenols is 2. The van der Waals surface area contributed by atoms with Crippen LogP contribution >= 0.6 is 0 Å². The van der Waals surface area contributed by atoms with Crippen molar-refractivity contribution in [2.24, 2.45) is 5.92 Å². The molecule has 26 heavy (non-hydrogen) atoms. The Morgan fingerprint density at radius 1 is 1.04 bits per heavy atom. The number of aliphatic hydroxyl groups is 1. The molecular formula is C21H28O4Si. The molecule has 0 aliphatic heterocycles. The molecule has 2 aromatic rings. The zero-order valence-corrected chi connectivity index (χ0v) is 17.3. The van der Waals surface area contributed by atoms with Crippen molar-refractivity contribution in [1.29, 1.82) is 0 Å². The van der Waals surface area contributed by atoms with E-state index in [2.05, 4.69) is 0 Å². The Kier molecular flexibility index (Phi) is 6.22. The fraction of sp³-hybridized carbons (Fsp3) is 0.429. The van der Waals surface area contributed by atoms with Crippen molar-refractivity contribution < 1.29 is 20.1 Å². The van der Waals surface area contributed by atoms with Crippen molar-refractivity contribution >= 4 is 10.2 Å². The number of phenolic OH excluding ortho intramolecular Hbond substituents is 2. The fourth-order valence-electron chi connectivity index (χ4n) is 3.82. The molecule has 0 aromatic heterocycles. The zero-order chi connectivity index (χ0) is 18.5. The molecule has 0 amide bonds. The summed E-state index contributed by atoms with van der Waals surface area (Å²) < 4.78 is 6.01. The molecule has 0 spiro atoms. The van der Waals surface area contributed by atoms with Gasteiger partial charge in [-0.3, -0.25) is 0 Å². The van der Waals surface area contributed by atoms with E-state index in [9.17, 15) is 15.3 Å². The van der Waals surface area contributed by atoms with E-state index in [1.54, 1.807) is 18.2 Å². The molecule has 0 bridgehead atoms. The number of aliphatic hydroxyl groups excluding tert-OH is 1. The Morgan fingerprint density at radius 2 is 1.81 bits per heavy atom. The van der Waals surface area contributed by atoms with Crippen molar-refractivity contribution in [2.75, 3.05) is 0 Å². The van der Waals surface area contributed by atoms with Crippen LogP contribution in [0.15, 0.2) is 42.5 Å². The Morgan fingerprint density at radius 3 is 2.50 bits per heavy atom. The quantitative estimate of drug-likeness (QED) is 0.682. The molecule has 0 radical (unpaired) electrons. The van der Waals surface area contributed by atoms with Crippen LogP contribution in [0.1, 0.15) is 36.8 Å². The summed E-state index contributed by atoms with van der Waals surface area (Å²) in [6.45, 7) is 0. The monoisotopic (exact) mass is 372 g/mol. The summed E-state index contributed by atoms with van der Waals surface area (Å²) >= 11 is 0. The van der Waals surface area contributed by atoms with E-state index in [1.165, 1.54) is 16.3 Å². The van der Waals surface area contributed by atoms with E-state index in [0.29, 0.717) is 18.1 Å². The molecule has 3 atom stereocenters. The van der Waals surface area contributed by atoms with Gasteiger partial charge in [0.15, 0.2) is 0 Å². The van der Waals surface area contributed by atoms with Crippen LogP contribution in [0.3, 0.4) is 0 Å². The lowest BCUT2D eigenvalue weighted by atomic mass is 9.83. The summed E-state index contributed by atoms with van der Waals surface area (Å²) in [5.41, 5.74) is 1.82. The normalized spacial score (nSPS) is 23.0. The summed E-state index contributed by atoms with van der Waals surface area (Å²) in [4.78, 5) is 0.